The summed E-state index contributed by atoms with van der Waals surface area (Å²) >= 11 is 0. The van der Waals surface area contributed by atoms with E-state index in [1.165, 1.54) is 12.1 Å². The first-order valence-electron chi connectivity index (χ1n) is 15.2. The molecular weight excluding hydrogens is 560 g/mol. The molecule has 0 saturated carbocycles. The van der Waals surface area contributed by atoms with Crippen molar-refractivity contribution in [2.45, 2.75) is 64.7 Å². The molecule has 0 radical (unpaired) electrons. The molecule has 0 atom stereocenters. The Balaban J connectivity index is 1.34. The van der Waals surface area contributed by atoms with Gasteiger partial charge in [0.15, 0.2) is 11.5 Å². The van der Waals surface area contributed by atoms with Crippen molar-refractivity contribution < 1.29 is 33.6 Å². The SMILES string of the molecule is CCCCCOc1ccc(OC(=O)/C=C/c2ccc(OCCCCCCCc3c(N)cc(N)cc3C(=O)O)cc2)cc1OC. The quantitative estimate of drug-likeness (QED) is 0.0421. The molecule has 0 aliphatic rings. The van der Waals surface area contributed by atoms with Gasteiger partial charge < -0.3 is 35.5 Å². The van der Waals surface area contributed by atoms with E-state index in [1.54, 1.807) is 37.5 Å². The molecule has 0 heterocycles. The number of carbonyl (C=O) groups is 2. The van der Waals surface area contributed by atoms with Gasteiger partial charge in [-0.25, -0.2) is 9.59 Å². The Morgan fingerprint density at radius 1 is 0.795 bits per heavy atom. The summed E-state index contributed by atoms with van der Waals surface area (Å²) < 4.78 is 22.4. The average Bonchev–Trinajstić information content (AvgIpc) is 3.01. The second-order valence-electron chi connectivity index (χ2n) is 10.5. The van der Waals surface area contributed by atoms with Gasteiger partial charge in [0.2, 0.25) is 0 Å². The smallest absolute Gasteiger partial charge is 0.336 e. The van der Waals surface area contributed by atoms with Gasteiger partial charge in [0, 0.05) is 23.5 Å². The lowest BCUT2D eigenvalue weighted by Gasteiger charge is -2.11. The summed E-state index contributed by atoms with van der Waals surface area (Å²) in [5.41, 5.74) is 14.2. The minimum absolute atomic E-state index is 0.184. The van der Waals surface area contributed by atoms with Crippen LogP contribution in [0.15, 0.2) is 60.7 Å². The van der Waals surface area contributed by atoms with Crippen LogP contribution >= 0.6 is 0 Å². The van der Waals surface area contributed by atoms with Crippen LogP contribution in [-0.2, 0) is 11.2 Å². The lowest BCUT2D eigenvalue weighted by molar-refractivity contribution is -0.128. The molecule has 9 nitrogen and oxygen atoms in total. The highest BCUT2D eigenvalue weighted by Gasteiger charge is 2.14. The Morgan fingerprint density at radius 3 is 2.20 bits per heavy atom. The zero-order valence-electron chi connectivity index (χ0n) is 25.7. The van der Waals surface area contributed by atoms with Crippen LogP contribution in [0.3, 0.4) is 0 Å². The number of nitrogen functional groups attached to an aromatic ring is 2. The second kappa shape index (κ2) is 18.1. The van der Waals surface area contributed by atoms with Crippen molar-refractivity contribution >= 4 is 29.4 Å². The molecule has 236 valence electrons. The molecule has 3 aromatic rings. The van der Waals surface area contributed by atoms with E-state index in [0.29, 0.717) is 53.8 Å². The summed E-state index contributed by atoms with van der Waals surface area (Å²) in [4.78, 5) is 23.9. The number of unbranched alkanes of at least 4 members (excludes halogenated alkanes) is 6. The van der Waals surface area contributed by atoms with Crippen molar-refractivity contribution in [2.75, 3.05) is 31.8 Å². The summed E-state index contributed by atoms with van der Waals surface area (Å²) in [5.74, 6) is 0.764. The number of benzene rings is 3. The fraction of sp³-hybridized carbons (Fsp3) is 0.371. The number of methoxy groups -OCH3 is 1. The van der Waals surface area contributed by atoms with Gasteiger partial charge in [-0.05, 0) is 79.3 Å². The Hall–Kier alpha value is -4.66. The van der Waals surface area contributed by atoms with Gasteiger partial charge in [0.05, 0.1) is 25.9 Å². The molecule has 0 saturated heterocycles. The summed E-state index contributed by atoms with van der Waals surface area (Å²) in [6, 6.07) is 15.6. The maximum absolute atomic E-state index is 12.4. The molecule has 0 spiro atoms. The average molecular weight is 605 g/mol. The highest BCUT2D eigenvalue weighted by atomic mass is 16.5. The topological polar surface area (TPSA) is 143 Å². The van der Waals surface area contributed by atoms with Crippen molar-refractivity contribution in [3.63, 3.8) is 0 Å². The maximum Gasteiger partial charge on any atom is 0.336 e. The summed E-state index contributed by atoms with van der Waals surface area (Å²) in [6.07, 6.45) is 11.6. The number of carbonyl (C=O) groups excluding carboxylic acids is 1. The molecule has 3 rings (SSSR count). The van der Waals surface area contributed by atoms with E-state index in [1.807, 2.05) is 24.3 Å². The Kier molecular flexibility index (Phi) is 13.9. The van der Waals surface area contributed by atoms with Crippen molar-refractivity contribution in [1.82, 2.24) is 0 Å². The molecule has 0 aromatic heterocycles. The number of hydrogen-bond acceptors (Lipinski definition) is 8. The zero-order chi connectivity index (χ0) is 31.7. The van der Waals surface area contributed by atoms with E-state index < -0.39 is 11.9 Å². The molecule has 0 amide bonds. The van der Waals surface area contributed by atoms with Gasteiger partial charge >= 0.3 is 11.9 Å². The van der Waals surface area contributed by atoms with Gasteiger partial charge in [0.25, 0.3) is 0 Å². The van der Waals surface area contributed by atoms with E-state index in [2.05, 4.69) is 6.92 Å². The third kappa shape index (κ3) is 11.2. The van der Waals surface area contributed by atoms with Crippen LogP contribution in [-0.4, -0.2) is 37.4 Å². The minimum atomic E-state index is -1.01. The van der Waals surface area contributed by atoms with Crippen LogP contribution in [0.2, 0.25) is 0 Å². The lowest BCUT2D eigenvalue weighted by Crippen LogP contribution is -2.07. The fourth-order valence-corrected chi connectivity index (χ4v) is 4.67. The van der Waals surface area contributed by atoms with Crippen LogP contribution in [0.5, 0.6) is 23.0 Å². The van der Waals surface area contributed by atoms with E-state index in [4.69, 9.17) is 30.4 Å². The number of carboxylic acid groups (broad SMARTS) is 1. The molecular formula is C35H44N2O7. The van der Waals surface area contributed by atoms with Crippen LogP contribution in [0.4, 0.5) is 11.4 Å². The molecule has 5 N–H and O–H groups in total. The number of aromatic carboxylic acids is 1. The molecule has 44 heavy (non-hydrogen) atoms. The monoisotopic (exact) mass is 604 g/mol. The summed E-state index contributed by atoms with van der Waals surface area (Å²) in [6.45, 7) is 3.35. The third-order valence-corrected chi connectivity index (χ3v) is 7.03. The van der Waals surface area contributed by atoms with Gasteiger partial charge in [-0.3, -0.25) is 0 Å². The molecule has 0 aliphatic carbocycles. The van der Waals surface area contributed by atoms with Gasteiger partial charge in [-0.15, -0.1) is 0 Å². The van der Waals surface area contributed by atoms with Gasteiger partial charge in [0.1, 0.15) is 11.5 Å². The maximum atomic E-state index is 12.4. The lowest BCUT2D eigenvalue weighted by atomic mass is 9.98. The minimum Gasteiger partial charge on any atom is -0.494 e. The molecule has 0 bridgehead atoms. The first kappa shape index (κ1) is 33.8. The highest BCUT2D eigenvalue weighted by Crippen LogP contribution is 2.31. The molecule has 0 aliphatic heterocycles. The van der Waals surface area contributed by atoms with E-state index in [0.717, 1.165) is 62.7 Å². The van der Waals surface area contributed by atoms with Crippen LogP contribution in [0, 0.1) is 0 Å². The number of hydrogen-bond donors (Lipinski definition) is 3. The Morgan fingerprint density at radius 2 is 1.48 bits per heavy atom. The number of rotatable bonds is 19. The first-order valence-corrected chi connectivity index (χ1v) is 15.2. The van der Waals surface area contributed by atoms with E-state index in [9.17, 15) is 14.7 Å². The number of esters is 1. The van der Waals surface area contributed by atoms with Crippen molar-refractivity contribution in [3.05, 3.63) is 77.4 Å². The molecule has 3 aromatic carbocycles. The highest BCUT2D eigenvalue weighted by molar-refractivity contribution is 5.92. The Bertz CT molecular complexity index is 1390. The number of ether oxygens (including phenoxy) is 4. The second-order valence-corrected chi connectivity index (χ2v) is 10.5. The largest absolute Gasteiger partial charge is 0.494 e. The molecule has 9 heteroatoms. The molecule has 0 fully saturated rings. The number of anilines is 2. The number of nitrogens with two attached hydrogens (primary N) is 2. The van der Waals surface area contributed by atoms with E-state index >= 15 is 0 Å². The van der Waals surface area contributed by atoms with Crippen LogP contribution in [0.1, 0.15) is 79.8 Å². The summed E-state index contributed by atoms with van der Waals surface area (Å²) in [7, 11) is 1.55. The first-order chi connectivity index (χ1) is 21.3. The normalized spacial score (nSPS) is 11.0. The van der Waals surface area contributed by atoms with Gasteiger partial charge in [-0.1, -0.05) is 51.2 Å². The van der Waals surface area contributed by atoms with Gasteiger partial charge in [-0.2, -0.15) is 0 Å². The number of carboxylic acids is 1. The van der Waals surface area contributed by atoms with Crippen LogP contribution in [0.25, 0.3) is 6.08 Å². The summed E-state index contributed by atoms with van der Waals surface area (Å²) in [5, 5.41) is 9.42. The predicted octanol–water partition coefficient (Wildman–Crippen LogP) is 7.32. The predicted molar refractivity (Wildman–Crippen MR) is 174 cm³/mol. The van der Waals surface area contributed by atoms with E-state index in [-0.39, 0.29) is 5.56 Å². The fourth-order valence-electron chi connectivity index (χ4n) is 4.67. The van der Waals surface area contributed by atoms with Crippen molar-refractivity contribution in [1.29, 1.82) is 0 Å². The molecule has 0 unspecified atom stereocenters. The third-order valence-electron chi connectivity index (χ3n) is 7.03. The Labute approximate surface area is 259 Å². The standard InChI is InChI=1S/C35H44N2O7/c1-3-4-9-21-43-32-18-17-28(24-33(32)41-2)44-34(38)19-14-25-12-15-27(16-13-25)42-20-10-7-5-6-8-11-29-30(35(39)40)22-26(36)23-31(29)37/h12-19,22-24H,3-11,20-21,36-37H2,1-2H3,(H,39,40)/b19-14+. The van der Waals surface area contributed by atoms with Crippen LogP contribution < -0.4 is 30.4 Å². The van der Waals surface area contributed by atoms with Crippen molar-refractivity contribution in [3.8, 4) is 23.0 Å². The van der Waals surface area contributed by atoms with Crippen molar-refractivity contribution in [2.24, 2.45) is 0 Å². The zero-order valence-corrected chi connectivity index (χ0v) is 25.7.